The predicted molar refractivity (Wildman–Crippen MR) is 126 cm³/mol. The van der Waals surface area contributed by atoms with E-state index in [2.05, 4.69) is 4.98 Å². The Kier molecular flexibility index (Phi) is 5.58. The van der Waals surface area contributed by atoms with Crippen LogP contribution in [0, 0.1) is 0 Å². The fourth-order valence-corrected chi connectivity index (χ4v) is 3.90. The Labute approximate surface area is 196 Å². The third-order valence-electron chi connectivity index (χ3n) is 5.57. The third kappa shape index (κ3) is 3.80. The summed E-state index contributed by atoms with van der Waals surface area (Å²) in [5.74, 6) is -0.675. The highest BCUT2D eigenvalue weighted by Gasteiger charge is 2.39. The van der Waals surface area contributed by atoms with Gasteiger partial charge in [-0.2, -0.15) is 0 Å². The van der Waals surface area contributed by atoms with Crippen LogP contribution >= 0.6 is 0 Å². The monoisotopic (exact) mass is 448 g/mol. The van der Waals surface area contributed by atoms with E-state index in [-0.39, 0.29) is 23.5 Å². The zero-order valence-electron chi connectivity index (χ0n) is 18.1. The summed E-state index contributed by atoms with van der Waals surface area (Å²) in [7, 11) is 0. The normalized spacial score (nSPS) is 13.3. The number of carbonyl (C=O) groups is 3. The van der Waals surface area contributed by atoms with Crippen LogP contribution in [0.4, 0.5) is 0 Å². The molecule has 7 nitrogen and oxygen atoms in total. The van der Waals surface area contributed by atoms with Gasteiger partial charge in [0.1, 0.15) is 0 Å². The van der Waals surface area contributed by atoms with Crippen LogP contribution in [0.5, 0.6) is 0 Å². The van der Waals surface area contributed by atoms with Crippen molar-refractivity contribution in [3.63, 3.8) is 0 Å². The average Bonchev–Trinajstić information content (AvgIpc) is 3.56. The molecular weight excluding hydrogens is 428 g/mol. The Hall–Kier alpha value is -4.78. The fraction of sp³-hybridized carbons (Fsp3) is 0.0370. The summed E-state index contributed by atoms with van der Waals surface area (Å²) < 4.78 is 1.38. The lowest BCUT2D eigenvalue weighted by molar-refractivity contribution is 0.0552. The zero-order chi connectivity index (χ0) is 23.5. The van der Waals surface area contributed by atoms with Crippen molar-refractivity contribution in [3.05, 3.63) is 138 Å². The van der Waals surface area contributed by atoms with Gasteiger partial charge in [-0.15, -0.1) is 0 Å². The van der Waals surface area contributed by atoms with Gasteiger partial charge in [0.15, 0.2) is 12.0 Å². The molecular formula is C27H20N4O3. The summed E-state index contributed by atoms with van der Waals surface area (Å²) in [6.07, 6.45) is 5.19. The second-order valence-electron chi connectivity index (χ2n) is 7.66. The van der Waals surface area contributed by atoms with Gasteiger partial charge in [-0.3, -0.25) is 28.8 Å². The van der Waals surface area contributed by atoms with Crippen LogP contribution in [0.1, 0.15) is 43.1 Å². The van der Waals surface area contributed by atoms with Crippen molar-refractivity contribution in [2.75, 3.05) is 0 Å². The molecule has 0 fully saturated rings. The van der Waals surface area contributed by atoms with Gasteiger partial charge in [0.25, 0.3) is 17.7 Å². The van der Waals surface area contributed by atoms with Crippen LogP contribution in [-0.4, -0.2) is 37.1 Å². The van der Waals surface area contributed by atoms with Crippen molar-refractivity contribution in [2.45, 2.75) is 6.17 Å². The highest BCUT2D eigenvalue weighted by atomic mass is 16.2. The van der Waals surface area contributed by atoms with Crippen molar-refractivity contribution in [2.24, 2.45) is 0 Å². The van der Waals surface area contributed by atoms with Crippen LogP contribution in [-0.2, 0) is 0 Å². The SMILES string of the molecule is O=C(c1ccccc1)N1C=CN(C(=O)c2ccccc2)C1c1nccn1C(=O)c1ccccc1. The molecule has 0 saturated heterocycles. The number of hydrogen-bond donors (Lipinski definition) is 0. The second-order valence-corrected chi connectivity index (χ2v) is 7.66. The molecule has 0 N–H and O–H groups in total. The van der Waals surface area contributed by atoms with Gasteiger partial charge in [0.2, 0.25) is 0 Å². The van der Waals surface area contributed by atoms with E-state index in [4.69, 9.17) is 0 Å². The Morgan fingerprint density at radius 3 is 1.44 bits per heavy atom. The van der Waals surface area contributed by atoms with E-state index in [1.165, 1.54) is 20.6 Å². The minimum atomic E-state index is -0.942. The number of amides is 2. The average molecular weight is 448 g/mol. The van der Waals surface area contributed by atoms with E-state index < -0.39 is 6.17 Å². The largest absolute Gasteiger partial charge is 0.285 e. The standard InChI is InChI=1S/C27H20N4O3/c32-25(20-10-4-1-5-11-20)29-17-16-28-23(29)24-30(26(33)21-12-6-2-7-13-21)18-19-31(24)27(34)22-14-8-3-9-15-22/h1-19,24H. The first-order valence-corrected chi connectivity index (χ1v) is 10.7. The highest BCUT2D eigenvalue weighted by molar-refractivity contribution is 5.99. The van der Waals surface area contributed by atoms with E-state index >= 15 is 0 Å². The minimum absolute atomic E-state index is 0.257. The van der Waals surface area contributed by atoms with Crippen LogP contribution in [0.15, 0.2) is 116 Å². The lowest BCUT2D eigenvalue weighted by Crippen LogP contribution is -2.40. The van der Waals surface area contributed by atoms with Gasteiger partial charge in [0.05, 0.1) is 0 Å². The molecule has 0 saturated carbocycles. The Morgan fingerprint density at radius 1 is 0.588 bits per heavy atom. The van der Waals surface area contributed by atoms with E-state index in [1.807, 2.05) is 18.2 Å². The van der Waals surface area contributed by atoms with Crippen molar-refractivity contribution < 1.29 is 14.4 Å². The number of imidazole rings is 1. The Bertz CT molecular complexity index is 1300. The quantitative estimate of drug-likeness (QED) is 0.466. The van der Waals surface area contributed by atoms with Gasteiger partial charge in [-0.1, -0.05) is 54.6 Å². The molecule has 1 aliphatic rings. The molecule has 4 aromatic rings. The van der Waals surface area contributed by atoms with E-state index in [9.17, 15) is 14.4 Å². The van der Waals surface area contributed by atoms with Gasteiger partial charge >= 0.3 is 0 Å². The number of rotatable bonds is 4. The fourth-order valence-electron chi connectivity index (χ4n) is 3.90. The first kappa shape index (κ1) is 21.1. The molecule has 0 radical (unpaired) electrons. The molecule has 2 amide bonds. The molecule has 3 aromatic carbocycles. The van der Waals surface area contributed by atoms with Crippen molar-refractivity contribution in [1.82, 2.24) is 19.4 Å². The number of carbonyl (C=O) groups excluding carboxylic acids is 3. The smallest absolute Gasteiger partial charge is 0.263 e. The molecule has 0 aliphatic carbocycles. The first-order chi connectivity index (χ1) is 16.6. The first-order valence-electron chi connectivity index (χ1n) is 10.7. The molecule has 0 bridgehead atoms. The summed E-state index contributed by atoms with van der Waals surface area (Å²) in [6, 6.07) is 26.3. The minimum Gasteiger partial charge on any atom is -0.285 e. The predicted octanol–water partition coefficient (Wildman–Crippen LogP) is 4.34. The summed E-state index contributed by atoms with van der Waals surface area (Å²) in [6.45, 7) is 0. The summed E-state index contributed by atoms with van der Waals surface area (Å²) in [5.41, 5.74) is 1.38. The van der Waals surface area contributed by atoms with Crippen molar-refractivity contribution in [3.8, 4) is 0 Å². The van der Waals surface area contributed by atoms with Gasteiger partial charge in [-0.05, 0) is 36.4 Å². The molecule has 0 unspecified atom stereocenters. The Morgan fingerprint density at radius 2 is 1.00 bits per heavy atom. The topological polar surface area (TPSA) is 75.5 Å². The summed E-state index contributed by atoms with van der Waals surface area (Å²) in [4.78, 5) is 47.4. The third-order valence-corrected chi connectivity index (χ3v) is 5.57. The maximum atomic E-state index is 13.4. The van der Waals surface area contributed by atoms with Crippen molar-refractivity contribution >= 4 is 17.7 Å². The van der Waals surface area contributed by atoms with Crippen LogP contribution in [0.2, 0.25) is 0 Å². The second kappa shape index (κ2) is 8.99. The molecule has 0 atom stereocenters. The molecule has 34 heavy (non-hydrogen) atoms. The maximum Gasteiger partial charge on any atom is 0.263 e. The van der Waals surface area contributed by atoms with E-state index in [0.29, 0.717) is 16.7 Å². The number of nitrogens with zero attached hydrogens (tertiary/aromatic N) is 4. The number of hydrogen-bond acceptors (Lipinski definition) is 4. The van der Waals surface area contributed by atoms with Gasteiger partial charge in [0, 0.05) is 41.5 Å². The summed E-state index contributed by atoms with van der Waals surface area (Å²) in [5, 5.41) is 0. The summed E-state index contributed by atoms with van der Waals surface area (Å²) >= 11 is 0. The lowest BCUT2D eigenvalue weighted by atomic mass is 10.1. The van der Waals surface area contributed by atoms with E-state index in [1.54, 1.807) is 91.4 Å². The zero-order valence-corrected chi connectivity index (χ0v) is 18.1. The maximum absolute atomic E-state index is 13.4. The number of aromatic nitrogens is 2. The van der Waals surface area contributed by atoms with Crippen molar-refractivity contribution in [1.29, 1.82) is 0 Å². The highest BCUT2D eigenvalue weighted by Crippen LogP contribution is 2.33. The number of benzene rings is 3. The Balaban J connectivity index is 1.58. The lowest BCUT2D eigenvalue weighted by Gasteiger charge is -2.30. The molecule has 0 spiro atoms. The molecule has 1 aliphatic heterocycles. The van der Waals surface area contributed by atoms with E-state index in [0.717, 1.165) is 0 Å². The molecule has 166 valence electrons. The molecule has 2 heterocycles. The van der Waals surface area contributed by atoms with Crippen LogP contribution in [0.3, 0.4) is 0 Å². The van der Waals surface area contributed by atoms with Gasteiger partial charge in [-0.25, -0.2) is 4.98 Å². The van der Waals surface area contributed by atoms with Crippen LogP contribution < -0.4 is 0 Å². The molecule has 5 rings (SSSR count). The van der Waals surface area contributed by atoms with Gasteiger partial charge < -0.3 is 0 Å². The molecule has 7 heteroatoms. The molecule has 1 aromatic heterocycles. The van der Waals surface area contributed by atoms with Crippen LogP contribution in [0.25, 0.3) is 0 Å².